The minimum atomic E-state index is 0.539. The van der Waals surface area contributed by atoms with Gasteiger partial charge in [0.15, 0.2) is 0 Å². The van der Waals surface area contributed by atoms with Crippen molar-refractivity contribution in [3.05, 3.63) is 35.4 Å². The Morgan fingerprint density at radius 1 is 1.11 bits per heavy atom. The van der Waals surface area contributed by atoms with Crippen LogP contribution in [0.5, 0.6) is 0 Å². The number of hydrogen-bond acceptors (Lipinski definition) is 4. The first kappa shape index (κ1) is 16.5. The average molecular weight is 298 g/mol. The Bertz CT molecular complexity index is 363. The Balaban J connectivity index is 2.25. The van der Waals surface area contributed by atoms with Gasteiger partial charge in [-0.05, 0) is 36.0 Å². The van der Waals surface area contributed by atoms with Crippen molar-refractivity contribution in [1.29, 1.82) is 0 Å². The Morgan fingerprint density at radius 3 is 2.32 bits per heavy atom. The molecule has 0 unspecified atom stereocenters. The van der Waals surface area contributed by atoms with Crippen molar-refractivity contribution < 1.29 is 9.47 Å². The van der Waals surface area contributed by atoms with E-state index in [1.807, 2.05) is 6.26 Å². The summed E-state index contributed by atoms with van der Waals surface area (Å²) in [6, 6.07) is 8.29. The van der Waals surface area contributed by atoms with Gasteiger partial charge in [-0.25, -0.2) is 0 Å². The number of rotatable bonds is 8. The highest BCUT2D eigenvalue weighted by Gasteiger charge is 1.98. The van der Waals surface area contributed by atoms with Crippen LogP contribution in [0.1, 0.15) is 37.3 Å². The fourth-order valence-electron chi connectivity index (χ4n) is 1.58. The summed E-state index contributed by atoms with van der Waals surface area (Å²) >= 11 is 6.45. The largest absolute Gasteiger partial charge is 0.474 e. The van der Waals surface area contributed by atoms with Crippen LogP contribution >= 0.6 is 24.0 Å². The summed E-state index contributed by atoms with van der Waals surface area (Å²) in [6.07, 6.45) is 5.54. The van der Waals surface area contributed by atoms with Crippen molar-refractivity contribution >= 4 is 28.4 Å². The average Bonchev–Trinajstić information content (AvgIpc) is 2.45. The molecule has 19 heavy (non-hydrogen) atoms. The summed E-state index contributed by atoms with van der Waals surface area (Å²) in [4.78, 5) is 0. The van der Waals surface area contributed by atoms with Crippen molar-refractivity contribution in [2.24, 2.45) is 0 Å². The number of unbranched alkanes of at least 4 members (excludes halogenated alkanes) is 2. The highest BCUT2D eigenvalue weighted by molar-refractivity contribution is 8.22. The molecule has 0 radical (unpaired) electrons. The first-order valence-electron chi connectivity index (χ1n) is 6.62. The van der Waals surface area contributed by atoms with E-state index in [1.54, 1.807) is 0 Å². The molecule has 0 amide bonds. The Labute approximate surface area is 125 Å². The number of thioether (sulfide) groups is 1. The fraction of sp³-hybridized carbons (Fsp3) is 0.533. The minimum Gasteiger partial charge on any atom is -0.474 e. The lowest BCUT2D eigenvalue weighted by Gasteiger charge is -2.07. The summed E-state index contributed by atoms with van der Waals surface area (Å²) in [5, 5.41) is 0. The lowest BCUT2D eigenvalue weighted by atomic mass is 10.1. The maximum absolute atomic E-state index is 5.62. The van der Waals surface area contributed by atoms with Gasteiger partial charge in [0, 0.05) is 6.61 Å². The zero-order valence-electron chi connectivity index (χ0n) is 11.7. The van der Waals surface area contributed by atoms with Gasteiger partial charge in [-0.1, -0.05) is 55.8 Å². The molecular formula is C15H22O2S2. The maximum Gasteiger partial charge on any atom is 0.220 e. The molecule has 106 valence electrons. The quantitative estimate of drug-likeness (QED) is 0.517. The lowest BCUT2D eigenvalue weighted by molar-refractivity contribution is 0.117. The van der Waals surface area contributed by atoms with E-state index in [2.05, 4.69) is 31.2 Å². The molecule has 0 aromatic heterocycles. The van der Waals surface area contributed by atoms with Crippen LogP contribution in [0.4, 0.5) is 0 Å². The normalized spacial score (nSPS) is 10.4. The molecular weight excluding hydrogens is 276 g/mol. The van der Waals surface area contributed by atoms with Crippen molar-refractivity contribution in [1.82, 2.24) is 0 Å². The van der Waals surface area contributed by atoms with Crippen LogP contribution < -0.4 is 0 Å². The van der Waals surface area contributed by atoms with E-state index in [0.717, 1.165) is 18.6 Å². The van der Waals surface area contributed by atoms with Gasteiger partial charge in [0.05, 0.1) is 6.61 Å². The topological polar surface area (TPSA) is 18.5 Å². The molecule has 0 saturated heterocycles. The highest BCUT2D eigenvalue weighted by atomic mass is 32.2. The third-order valence-corrected chi connectivity index (χ3v) is 3.78. The van der Waals surface area contributed by atoms with E-state index >= 15 is 0 Å². The Hall–Kier alpha value is -0.580. The molecule has 0 bridgehead atoms. The second-order valence-electron chi connectivity index (χ2n) is 4.32. The van der Waals surface area contributed by atoms with E-state index in [1.165, 1.54) is 30.2 Å². The second-order valence-corrected chi connectivity index (χ2v) is 5.73. The van der Waals surface area contributed by atoms with Crippen molar-refractivity contribution in [2.75, 3.05) is 12.9 Å². The molecule has 0 N–H and O–H groups in total. The second kappa shape index (κ2) is 10.2. The SMILES string of the molecule is CCCCCOCc1ccc(COC(=S)SC)cc1. The first-order chi connectivity index (χ1) is 9.26. The summed E-state index contributed by atoms with van der Waals surface area (Å²) in [5.74, 6) is 0. The molecule has 0 aliphatic heterocycles. The van der Waals surface area contributed by atoms with Crippen LogP contribution in [0.15, 0.2) is 24.3 Å². The van der Waals surface area contributed by atoms with E-state index in [4.69, 9.17) is 21.7 Å². The molecule has 0 aliphatic rings. The van der Waals surface area contributed by atoms with Crippen LogP contribution in [-0.4, -0.2) is 17.2 Å². The van der Waals surface area contributed by atoms with Gasteiger partial charge >= 0.3 is 0 Å². The predicted molar refractivity (Wildman–Crippen MR) is 86.5 cm³/mol. The van der Waals surface area contributed by atoms with E-state index in [9.17, 15) is 0 Å². The molecule has 2 nitrogen and oxygen atoms in total. The third kappa shape index (κ3) is 7.55. The zero-order chi connectivity index (χ0) is 13.9. The van der Waals surface area contributed by atoms with Gasteiger partial charge in [0.25, 0.3) is 0 Å². The summed E-state index contributed by atoms with van der Waals surface area (Å²) < 4.78 is 11.6. The summed E-state index contributed by atoms with van der Waals surface area (Å²) in [6.45, 7) is 4.27. The number of benzene rings is 1. The van der Waals surface area contributed by atoms with Gasteiger partial charge < -0.3 is 9.47 Å². The monoisotopic (exact) mass is 298 g/mol. The number of thiocarbonyl (C=S) groups is 1. The van der Waals surface area contributed by atoms with E-state index in [-0.39, 0.29) is 0 Å². The molecule has 0 aliphatic carbocycles. The molecule has 0 fully saturated rings. The molecule has 0 saturated carbocycles. The lowest BCUT2D eigenvalue weighted by Crippen LogP contribution is -1.98. The van der Waals surface area contributed by atoms with E-state index in [0.29, 0.717) is 17.6 Å². The molecule has 0 atom stereocenters. The van der Waals surface area contributed by atoms with Crippen molar-refractivity contribution in [3.63, 3.8) is 0 Å². The van der Waals surface area contributed by atoms with Crippen LogP contribution in [0.2, 0.25) is 0 Å². The van der Waals surface area contributed by atoms with Crippen LogP contribution in [0.25, 0.3) is 0 Å². The first-order valence-corrected chi connectivity index (χ1v) is 8.26. The zero-order valence-corrected chi connectivity index (χ0v) is 13.3. The molecule has 1 aromatic carbocycles. The number of ether oxygens (including phenoxy) is 2. The van der Waals surface area contributed by atoms with Crippen LogP contribution in [0, 0.1) is 0 Å². The molecule has 4 heteroatoms. The van der Waals surface area contributed by atoms with Gasteiger partial charge in [-0.3, -0.25) is 0 Å². The molecule has 0 heterocycles. The minimum absolute atomic E-state index is 0.539. The molecule has 1 aromatic rings. The standard InChI is InChI=1S/C15H22O2S2/c1-3-4-5-10-16-11-13-6-8-14(9-7-13)12-17-15(18)19-2/h6-9H,3-5,10-12H2,1-2H3. The van der Waals surface area contributed by atoms with Crippen LogP contribution in [-0.2, 0) is 22.7 Å². The highest BCUT2D eigenvalue weighted by Crippen LogP contribution is 2.10. The van der Waals surface area contributed by atoms with Gasteiger partial charge in [0.2, 0.25) is 4.38 Å². The maximum atomic E-state index is 5.62. The van der Waals surface area contributed by atoms with Crippen LogP contribution in [0.3, 0.4) is 0 Å². The van der Waals surface area contributed by atoms with Crippen molar-refractivity contribution in [3.8, 4) is 0 Å². The van der Waals surface area contributed by atoms with Crippen molar-refractivity contribution in [2.45, 2.75) is 39.4 Å². The predicted octanol–water partition coefficient (Wildman–Crippen LogP) is 4.56. The fourth-order valence-corrected chi connectivity index (χ4v) is 1.81. The van der Waals surface area contributed by atoms with Gasteiger partial charge in [-0.15, -0.1) is 0 Å². The molecule has 0 spiro atoms. The Morgan fingerprint density at radius 2 is 1.74 bits per heavy atom. The summed E-state index contributed by atoms with van der Waals surface area (Å²) in [5.41, 5.74) is 2.33. The van der Waals surface area contributed by atoms with E-state index < -0.39 is 0 Å². The molecule has 1 rings (SSSR count). The summed E-state index contributed by atoms with van der Waals surface area (Å²) in [7, 11) is 0. The smallest absolute Gasteiger partial charge is 0.220 e. The third-order valence-electron chi connectivity index (χ3n) is 2.71. The van der Waals surface area contributed by atoms with Gasteiger partial charge in [0.1, 0.15) is 6.61 Å². The Kier molecular flexibility index (Phi) is 8.88. The van der Waals surface area contributed by atoms with Gasteiger partial charge in [-0.2, -0.15) is 0 Å². The number of hydrogen-bond donors (Lipinski definition) is 0.